The first kappa shape index (κ1) is 20.9. The zero-order valence-electron chi connectivity index (χ0n) is 16.0. The maximum absolute atomic E-state index is 14.0. The van der Waals surface area contributed by atoms with E-state index in [1.165, 1.54) is 19.2 Å². The van der Waals surface area contributed by atoms with Crippen LogP contribution < -0.4 is 0 Å². The zero-order valence-corrected chi connectivity index (χ0v) is 17.6. The Hall–Kier alpha value is -1.43. The fourth-order valence-corrected chi connectivity index (χ4v) is 4.70. The van der Waals surface area contributed by atoms with Crippen LogP contribution in [0.25, 0.3) is 0 Å². The summed E-state index contributed by atoms with van der Waals surface area (Å²) >= 11 is 6.04. The molecule has 0 aromatic heterocycles. The Kier molecular flexibility index (Phi) is 5.86. The quantitative estimate of drug-likeness (QED) is 0.709. The molecule has 2 aromatic carbocycles. The molecule has 0 spiro atoms. The molecule has 0 aliphatic carbocycles. The number of halogens is 2. The molecule has 0 aliphatic rings. The van der Waals surface area contributed by atoms with E-state index in [2.05, 4.69) is 20.8 Å². The Morgan fingerprint density at radius 3 is 2.12 bits per heavy atom. The highest BCUT2D eigenvalue weighted by Crippen LogP contribution is 2.31. The molecule has 26 heavy (non-hydrogen) atoms. The predicted molar refractivity (Wildman–Crippen MR) is 105 cm³/mol. The first-order valence-electron chi connectivity index (χ1n) is 8.36. The molecule has 6 heteroatoms. The van der Waals surface area contributed by atoms with Gasteiger partial charge >= 0.3 is 0 Å². The largest absolute Gasteiger partial charge is 0.243 e. The van der Waals surface area contributed by atoms with Crippen LogP contribution in [0.2, 0.25) is 5.02 Å². The van der Waals surface area contributed by atoms with Crippen molar-refractivity contribution < 1.29 is 12.8 Å². The molecule has 0 atom stereocenters. The fraction of sp³-hybridized carbons (Fsp3) is 0.400. The summed E-state index contributed by atoms with van der Waals surface area (Å²) in [6.45, 7) is 9.71. The standard InChI is InChI=1S/C20H25ClFNO2S/c1-13-10-15(20(3,4)5)11-14(2)19(13)26(24,25)23(6)12-16-17(21)8-7-9-18(16)22/h7-11H,12H2,1-6H3. The molecule has 0 unspecified atom stereocenters. The van der Waals surface area contributed by atoms with E-state index in [0.29, 0.717) is 11.1 Å². The lowest BCUT2D eigenvalue weighted by atomic mass is 9.85. The van der Waals surface area contributed by atoms with Gasteiger partial charge in [0, 0.05) is 24.2 Å². The van der Waals surface area contributed by atoms with Crippen molar-refractivity contribution in [3.63, 3.8) is 0 Å². The Labute approximate surface area is 160 Å². The van der Waals surface area contributed by atoms with Gasteiger partial charge in [-0.05, 0) is 48.1 Å². The van der Waals surface area contributed by atoms with Crippen LogP contribution in [-0.2, 0) is 22.0 Å². The van der Waals surface area contributed by atoms with Gasteiger partial charge in [0.2, 0.25) is 10.0 Å². The van der Waals surface area contributed by atoms with Crippen LogP contribution in [0.1, 0.15) is 43.0 Å². The minimum atomic E-state index is -3.79. The molecule has 0 amide bonds. The van der Waals surface area contributed by atoms with E-state index >= 15 is 0 Å². The second kappa shape index (κ2) is 7.29. The number of hydrogen-bond acceptors (Lipinski definition) is 2. The van der Waals surface area contributed by atoms with E-state index in [1.54, 1.807) is 19.9 Å². The van der Waals surface area contributed by atoms with Crippen molar-refractivity contribution in [2.75, 3.05) is 7.05 Å². The Morgan fingerprint density at radius 2 is 1.65 bits per heavy atom. The topological polar surface area (TPSA) is 37.4 Å². The summed E-state index contributed by atoms with van der Waals surface area (Å²) in [5.74, 6) is -0.518. The van der Waals surface area contributed by atoms with E-state index in [1.807, 2.05) is 12.1 Å². The molecule has 2 aromatic rings. The van der Waals surface area contributed by atoms with E-state index in [4.69, 9.17) is 11.6 Å². The smallest absolute Gasteiger partial charge is 0.207 e. The average Bonchev–Trinajstić information content (AvgIpc) is 2.48. The van der Waals surface area contributed by atoms with Crippen LogP contribution in [0.5, 0.6) is 0 Å². The number of rotatable bonds is 4. The summed E-state index contributed by atoms with van der Waals surface area (Å²) < 4.78 is 41.4. The molecular weight excluding hydrogens is 373 g/mol. The first-order chi connectivity index (χ1) is 11.9. The molecule has 3 nitrogen and oxygen atoms in total. The van der Waals surface area contributed by atoms with Gasteiger partial charge in [0.15, 0.2) is 0 Å². The SMILES string of the molecule is Cc1cc(C(C)(C)C)cc(C)c1S(=O)(=O)N(C)Cc1c(F)cccc1Cl. The molecule has 0 saturated carbocycles. The Bertz CT molecular complexity index is 890. The summed E-state index contributed by atoms with van der Waals surface area (Å²) in [6, 6.07) is 8.13. The maximum Gasteiger partial charge on any atom is 0.243 e. The minimum Gasteiger partial charge on any atom is -0.207 e. The maximum atomic E-state index is 14.0. The van der Waals surface area contributed by atoms with Gasteiger partial charge in [-0.3, -0.25) is 0 Å². The van der Waals surface area contributed by atoms with Crippen molar-refractivity contribution in [3.05, 3.63) is 63.4 Å². The van der Waals surface area contributed by atoms with E-state index in [9.17, 15) is 12.8 Å². The first-order valence-corrected chi connectivity index (χ1v) is 10.2. The summed E-state index contributed by atoms with van der Waals surface area (Å²) in [6.07, 6.45) is 0. The molecule has 2 rings (SSSR count). The second-order valence-corrected chi connectivity index (χ2v) is 10.0. The minimum absolute atomic E-state index is 0.0790. The Balaban J connectivity index is 2.47. The van der Waals surface area contributed by atoms with Crippen molar-refractivity contribution in [2.24, 2.45) is 0 Å². The summed E-state index contributed by atoms with van der Waals surface area (Å²) in [4.78, 5) is 0.264. The van der Waals surface area contributed by atoms with Crippen LogP contribution in [0.3, 0.4) is 0 Å². The lowest BCUT2D eigenvalue weighted by Crippen LogP contribution is -2.28. The van der Waals surface area contributed by atoms with Crippen LogP contribution in [-0.4, -0.2) is 19.8 Å². The van der Waals surface area contributed by atoms with Gasteiger partial charge in [-0.1, -0.05) is 50.6 Å². The van der Waals surface area contributed by atoms with E-state index < -0.39 is 15.8 Å². The normalized spacial score (nSPS) is 12.7. The number of nitrogens with zero attached hydrogens (tertiary/aromatic N) is 1. The van der Waals surface area contributed by atoms with Crippen LogP contribution in [0.15, 0.2) is 35.2 Å². The van der Waals surface area contributed by atoms with Crippen molar-refractivity contribution in [3.8, 4) is 0 Å². The average molecular weight is 398 g/mol. The highest BCUT2D eigenvalue weighted by atomic mass is 35.5. The molecule has 0 fully saturated rings. The van der Waals surface area contributed by atoms with Gasteiger partial charge in [0.25, 0.3) is 0 Å². The van der Waals surface area contributed by atoms with Crippen molar-refractivity contribution in [2.45, 2.75) is 51.5 Å². The van der Waals surface area contributed by atoms with Crippen LogP contribution >= 0.6 is 11.6 Å². The van der Waals surface area contributed by atoms with Crippen molar-refractivity contribution >= 4 is 21.6 Å². The molecule has 0 heterocycles. The number of aryl methyl sites for hydroxylation is 2. The summed E-state index contributed by atoms with van der Waals surface area (Å²) in [5, 5.41) is 0.212. The van der Waals surface area contributed by atoms with Crippen molar-refractivity contribution in [1.82, 2.24) is 4.31 Å². The van der Waals surface area contributed by atoms with Crippen LogP contribution in [0.4, 0.5) is 4.39 Å². The van der Waals surface area contributed by atoms with Crippen molar-refractivity contribution in [1.29, 1.82) is 0 Å². The number of benzene rings is 2. The van der Waals surface area contributed by atoms with E-state index in [-0.39, 0.29) is 27.4 Å². The second-order valence-electron chi connectivity index (χ2n) is 7.65. The number of hydrogen-bond donors (Lipinski definition) is 0. The molecule has 0 aliphatic heterocycles. The molecular formula is C20H25ClFNO2S. The predicted octanol–water partition coefficient (Wildman–Crippen LogP) is 5.21. The van der Waals surface area contributed by atoms with E-state index in [0.717, 1.165) is 9.87 Å². The lowest BCUT2D eigenvalue weighted by molar-refractivity contribution is 0.455. The highest BCUT2D eigenvalue weighted by Gasteiger charge is 2.28. The molecule has 0 bridgehead atoms. The molecule has 0 N–H and O–H groups in total. The molecule has 0 radical (unpaired) electrons. The lowest BCUT2D eigenvalue weighted by Gasteiger charge is -2.24. The Morgan fingerprint density at radius 1 is 1.12 bits per heavy atom. The van der Waals surface area contributed by atoms with Crippen LogP contribution in [0, 0.1) is 19.7 Å². The third kappa shape index (κ3) is 4.11. The fourth-order valence-electron chi connectivity index (χ4n) is 2.94. The third-order valence-electron chi connectivity index (χ3n) is 4.44. The zero-order chi connectivity index (χ0) is 19.9. The third-order valence-corrected chi connectivity index (χ3v) is 6.90. The van der Waals surface area contributed by atoms with Gasteiger partial charge in [0.05, 0.1) is 4.90 Å². The monoisotopic (exact) mass is 397 g/mol. The molecule has 142 valence electrons. The van der Waals surface area contributed by atoms with Gasteiger partial charge in [-0.15, -0.1) is 0 Å². The van der Waals surface area contributed by atoms with Gasteiger partial charge < -0.3 is 0 Å². The number of sulfonamides is 1. The summed E-state index contributed by atoms with van der Waals surface area (Å²) in [7, 11) is -2.35. The summed E-state index contributed by atoms with van der Waals surface area (Å²) in [5.41, 5.74) is 2.53. The highest BCUT2D eigenvalue weighted by molar-refractivity contribution is 7.89. The van der Waals surface area contributed by atoms with Gasteiger partial charge in [-0.25, -0.2) is 12.8 Å². The molecule has 0 saturated heterocycles. The van der Waals surface area contributed by atoms with Gasteiger partial charge in [0.1, 0.15) is 5.82 Å². The van der Waals surface area contributed by atoms with Gasteiger partial charge in [-0.2, -0.15) is 4.31 Å².